The molecule has 146 valence electrons. The molecule has 0 aliphatic rings. The van der Waals surface area contributed by atoms with E-state index >= 15 is 0 Å². The first-order valence-electron chi connectivity index (χ1n) is 8.83. The van der Waals surface area contributed by atoms with Gasteiger partial charge in [-0.3, -0.25) is 9.59 Å². The SMILES string of the molecule is Cc1ccc(C(=O)NC(=Cc2ccc(Br)cc2)C(=O)Nc2ccc(I)cc2)cc1. The Morgan fingerprint density at radius 2 is 1.52 bits per heavy atom. The van der Waals surface area contributed by atoms with E-state index in [-0.39, 0.29) is 11.6 Å². The van der Waals surface area contributed by atoms with E-state index in [9.17, 15) is 9.59 Å². The zero-order valence-electron chi connectivity index (χ0n) is 15.6. The summed E-state index contributed by atoms with van der Waals surface area (Å²) in [6.07, 6.45) is 1.65. The fourth-order valence-electron chi connectivity index (χ4n) is 2.52. The highest BCUT2D eigenvalue weighted by Crippen LogP contribution is 2.16. The molecule has 0 atom stereocenters. The highest BCUT2D eigenvalue weighted by Gasteiger charge is 2.15. The van der Waals surface area contributed by atoms with Crippen LogP contribution in [0.5, 0.6) is 0 Å². The van der Waals surface area contributed by atoms with Crippen LogP contribution in [0.25, 0.3) is 6.08 Å². The van der Waals surface area contributed by atoms with Crippen molar-refractivity contribution in [2.24, 2.45) is 0 Å². The first kappa shape index (κ1) is 21.3. The summed E-state index contributed by atoms with van der Waals surface area (Å²) >= 11 is 5.60. The Morgan fingerprint density at radius 1 is 0.897 bits per heavy atom. The Labute approximate surface area is 191 Å². The van der Waals surface area contributed by atoms with Crippen LogP contribution < -0.4 is 10.6 Å². The zero-order valence-corrected chi connectivity index (χ0v) is 19.3. The van der Waals surface area contributed by atoms with Crippen molar-refractivity contribution in [1.82, 2.24) is 5.32 Å². The Kier molecular flexibility index (Phi) is 7.22. The first-order chi connectivity index (χ1) is 13.9. The molecule has 3 aromatic carbocycles. The average Bonchev–Trinajstić information content (AvgIpc) is 2.71. The summed E-state index contributed by atoms with van der Waals surface area (Å²) in [7, 11) is 0. The maximum absolute atomic E-state index is 12.9. The molecule has 2 amide bonds. The van der Waals surface area contributed by atoms with E-state index < -0.39 is 5.91 Å². The van der Waals surface area contributed by atoms with Gasteiger partial charge in [0.25, 0.3) is 11.8 Å². The minimum atomic E-state index is -0.394. The molecule has 0 heterocycles. The number of hydrogen-bond acceptors (Lipinski definition) is 2. The molecule has 0 unspecified atom stereocenters. The van der Waals surface area contributed by atoms with Crippen molar-refractivity contribution in [3.63, 3.8) is 0 Å². The number of amides is 2. The lowest BCUT2D eigenvalue weighted by molar-refractivity contribution is -0.113. The Balaban J connectivity index is 1.86. The molecule has 0 radical (unpaired) electrons. The molecule has 3 aromatic rings. The van der Waals surface area contributed by atoms with Gasteiger partial charge in [-0.15, -0.1) is 0 Å². The monoisotopic (exact) mass is 560 g/mol. The molecule has 0 bridgehead atoms. The molecule has 0 saturated carbocycles. The van der Waals surface area contributed by atoms with Crippen molar-refractivity contribution in [2.75, 3.05) is 5.32 Å². The van der Waals surface area contributed by atoms with Gasteiger partial charge in [0.15, 0.2) is 0 Å². The molecule has 0 saturated heterocycles. The van der Waals surface area contributed by atoms with Crippen LogP contribution in [0, 0.1) is 10.5 Å². The number of carbonyl (C=O) groups excluding carboxylic acids is 2. The van der Waals surface area contributed by atoms with Crippen LogP contribution in [-0.2, 0) is 4.79 Å². The quantitative estimate of drug-likeness (QED) is 0.307. The third-order valence-electron chi connectivity index (χ3n) is 4.09. The molecule has 6 heteroatoms. The highest BCUT2D eigenvalue weighted by molar-refractivity contribution is 14.1. The summed E-state index contributed by atoms with van der Waals surface area (Å²) in [5.41, 5.74) is 3.16. The molecule has 0 aromatic heterocycles. The molecule has 4 nitrogen and oxygen atoms in total. The van der Waals surface area contributed by atoms with E-state index in [1.807, 2.05) is 67.6 Å². The number of anilines is 1. The van der Waals surface area contributed by atoms with Crippen LogP contribution in [0.3, 0.4) is 0 Å². The highest BCUT2D eigenvalue weighted by atomic mass is 127. The van der Waals surface area contributed by atoms with Gasteiger partial charge in [-0.25, -0.2) is 0 Å². The molecular weight excluding hydrogens is 543 g/mol. The lowest BCUT2D eigenvalue weighted by Gasteiger charge is -2.12. The van der Waals surface area contributed by atoms with Crippen molar-refractivity contribution in [3.05, 3.63) is 103 Å². The molecular formula is C23H18BrIN2O2. The van der Waals surface area contributed by atoms with Gasteiger partial charge in [0, 0.05) is 19.3 Å². The molecule has 3 rings (SSSR count). The van der Waals surface area contributed by atoms with E-state index in [1.165, 1.54) is 0 Å². The standard InChI is InChI=1S/C23H18BrIN2O2/c1-15-2-6-17(7-3-15)22(28)27-21(14-16-4-8-18(24)9-5-16)23(29)26-20-12-10-19(25)11-13-20/h2-14H,1H3,(H,26,29)(H,27,28). The molecule has 2 N–H and O–H groups in total. The predicted octanol–water partition coefficient (Wildman–Crippen LogP) is 5.77. The molecule has 0 fully saturated rings. The Bertz CT molecular complexity index is 1040. The average molecular weight is 561 g/mol. The summed E-state index contributed by atoms with van der Waals surface area (Å²) in [5, 5.41) is 5.58. The maximum Gasteiger partial charge on any atom is 0.272 e. The summed E-state index contributed by atoms with van der Waals surface area (Å²) in [6.45, 7) is 1.95. The fraction of sp³-hybridized carbons (Fsp3) is 0.0435. The number of rotatable bonds is 5. The van der Waals surface area contributed by atoms with E-state index in [0.717, 1.165) is 19.2 Å². The fourth-order valence-corrected chi connectivity index (χ4v) is 3.14. The zero-order chi connectivity index (χ0) is 20.8. The summed E-state index contributed by atoms with van der Waals surface area (Å²) < 4.78 is 2.00. The lowest BCUT2D eigenvalue weighted by Crippen LogP contribution is -2.30. The summed E-state index contributed by atoms with van der Waals surface area (Å²) in [6, 6.07) is 22.1. The van der Waals surface area contributed by atoms with E-state index in [1.54, 1.807) is 18.2 Å². The number of carbonyl (C=O) groups is 2. The van der Waals surface area contributed by atoms with Gasteiger partial charge < -0.3 is 10.6 Å². The number of halogens is 2. The normalized spacial score (nSPS) is 11.1. The smallest absolute Gasteiger partial charge is 0.272 e. The molecule has 0 aliphatic heterocycles. The van der Waals surface area contributed by atoms with Crippen LogP contribution in [0.15, 0.2) is 83.0 Å². The maximum atomic E-state index is 12.9. The number of hydrogen-bond donors (Lipinski definition) is 2. The van der Waals surface area contributed by atoms with Crippen LogP contribution in [0.4, 0.5) is 5.69 Å². The van der Waals surface area contributed by atoms with Gasteiger partial charge in [-0.2, -0.15) is 0 Å². The first-order valence-corrected chi connectivity index (χ1v) is 10.7. The van der Waals surface area contributed by atoms with E-state index in [0.29, 0.717) is 11.3 Å². The minimum Gasteiger partial charge on any atom is -0.321 e. The van der Waals surface area contributed by atoms with E-state index in [2.05, 4.69) is 49.2 Å². The van der Waals surface area contributed by atoms with Crippen LogP contribution in [-0.4, -0.2) is 11.8 Å². The second-order valence-electron chi connectivity index (χ2n) is 6.39. The molecule has 0 aliphatic carbocycles. The summed E-state index contributed by atoms with van der Waals surface area (Å²) in [5.74, 6) is -0.735. The van der Waals surface area contributed by atoms with Crippen molar-refractivity contribution in [1.29, 1.82) is 0 Å². The third-order valence-corrected chi connectivity index (χ3v) is 5.34. The molecule has 0 spiro atoms. The van der Waals surface area contributed by atoms with Crippen molar-refractivity contribution in [3.8, 4) is 0 Å². The van der Waals surface area contributed by atoms with Gasteiger partial charge >= 0.3 is 0 Å². The second kappa shape index (κ2) is 9.84. The van der Waals surface area contributed by atoms with Gasteiger partial charge in [-0.05, 0) is 89.7 Å². The van der Waals surface area contributed by atoms with Crippen molar-refractivity contribution in [2.45, 2.75) is 6.92 Å². The topological polar surface area (TPSA) is 58.2 Å². The van der Waals surface area contributed by atoms with Gasteiger partial charge in [-0.1, -0.05) is 45.8 Å². The van der Waals surface area contributed by atoms with Crippen molar-refractivity contribution >= 4 is 62.1 Å². The van der Waals surface area contributed by atoms with Gasteiger partial charge in [0.05, 0.1) is 0 Å². The van der Waals surface area contributed by atoms with Crippen LogP contribution in [0.2, 0.25) is 0 Å². The molecule has 29 heavy (non-hydrogen) atoms. The lowest BCUT2D eigenvalue weighted by atomic mass is 10.1. The Hall–Kier alpha value is -2.45. The number of aryl methyl sites for hydroxylation is 1. The second-order valence-corrected chi connectivity index (χ2v) is 8.55. The van der Waals surface area contributed by atoms with Crippen LogP contribution in [0.1, 0.15) is 21.5 Å². The summed E-state index contributed by atoms with van der Waals surface area (Å²) in [4.78, 5) is 25.6. The largest absolute Gasteiger partial charge is 0.321 e. The van der Waals surface area contributed by atoms with Crippen LogP contribution >= 0.6 is 38.5 Å². The van der Waals surface area contributed by atoms with Crippen molar-refractivity contribution < 1.29 is 9.59 Å². The van der Waals surface area contributed by atoms with E-state index in [4.69, 9.17) is 0 Å². The third kappa shape index (κ3) is 6.27. The number of nitrogens with one attached hydrogen (secondary N) is 2. The van der Waals surface area contributed by atoms with Gasteiger partial charge in [0.2, 0.25) is 0 Å². The predicted molar refractivity (Wildman–Crippen MR) is 129 cm³/mol. The number of benzene rings is 3. The Morgan fingerprint density at radius 3 is 2.14 bits per heavy atom. The van der Waals surface area contributed by atoms with Gasteiger partial charge in [0.1, 0.15) is 5.70 Å². The minimum absolute atomic E-state index is 0.163.